The lowest BCUT2D eigenvalue weighted by atomic mass is 9.82. The van der Waals surface area contributed by atoms with Gasteiger partial charge in [-0.1, -0.05) is 323 Å². The van der Waals surface area contributed by atoms with Crippen LogP contribution in [-0.2, 0) is 5.41 Å². The summed E-state index contributed by atoms with van der Waals surface area (Å²) in [4.78, 5) is 31.1. The number of aromatic nitrogens is 9. The molecule has 128 heavy (non-hydrogen) atoms. The summed E-state index contributed by atoms with van der Waals surface area (Å²) < 4.78 is 12.1. The summed E-state index contributed by atoms with van der Waals surface area (Å²) in [5, 5.41) is 12.2. The molecular weight excluding hydrogens is 1600 g/mol. The van der Waals surface area contributed by atoms with E-state index < -0.39 is 0 Å². The van der Waals surface area contributed by atoms with Gasteiger partial charge in [0.15, 0.2) is 34.9 Å². The molecule has 1 aliphatic rings. The molecule has 9 nitrogen and oxygen atoms in total. The number of rotatable bonds is 12. The number of para-hydroxylation sites is 5. The molecule has 0 radical (unpaired) electrons. The van der Waals surface area contributed by atoms with Crippen molar-refractivity contribution in [3.8, 4) is 130 Å². The Morgan fingerprint density at radius 3 is 1.07 bits per heavy atom. The molecule has 0 amide bonds. The number of fused-ring (bicyclic) bond motifs is 18. The Morgan fingerprint density at radius 1 is 0.195 bits per heavy atom. The molecule has 0 N–H and O–H groups in total. The molecule has 18 aromatic carbocycles. The Balaban J connectivity index is 0.000000139. The number of benzene rings is 18. The second kappa shape index (κ2) is 30.1. The van der Waals surface area contributed by atoms with Gasteiger partial charge in [0.1, 0.15) is 0 Å². The molecule has 0 saturated heterocycles. The molecule has 11 heteroatoms. The van der Waals surface area contributed by atoms with Crippen molar-refractivity contribution in [2.24, 2.45) is 0 Å². The Hall–Kier alpha value is -16.2. The predicted molar refractivity (Wildman–Crippen MR) is 535 cm³/mol. The molecule has 25 aromatic rings. The molecule has 1 aliphatic carbocycles. The van der Waals surface area contributed by atoms with Crippen LogP contribution in [0.1, 0.15) is 25.0 Å². The molecule has 7 aromatic heterocycles. The molecule has 600 valence electrons. The first kappa shape index (κ1) is 74.4. The first-order valence-electron chi connectivity index (χ1n) is 43.4. The second-order valence-corrected chi connectivity index (χ2v) is 35.7. The third-order valence-electron chi connectivity index (χ3n) is 25.8. The number of hydrogen-bond donors (Lipinski definition) is 0. The van der Waals surface area contributed by atoms with Gasteiger partial charge in [-0.3, -0.25) is 0 Å². The molecule has 7 heterocycles. The van der Waals surface area contributed by atoms with Gasteiger partial charge in [0, 0.05) is 128 Å². The summed E-state index contributed by atoms with van der Waals surface area (Å²) >= 11 is 3.58. The summed E-state index contributed by atoms with van der Waals surface area (Å²) in [6.45, 7) is 4.72. The predicted octanol–water partition coefficient (Wildman–Crippen LogP) is 31.1. The van der Waals surface area contributed by atoms with Crippen LogP contribution in [0.25, 0.3) is 236 Å². The largest absolute Gasteiger partial charge is 0.309 e. The topological polar surface area (TPSA) is 92.1 Å². The highest BCUT2D eigenvalue weighted by atomic mass is 32.1. The Labute approximate surface area is 745 Å². The zero-order valence-electron chi connectivity index (χ0n) is 69.7. The van der Waals surface area contributed by atoms with Gasteiger partial charge in [-0.25, -0.2) is 29.9 Å². The highest BCUT2D eigenvalue weighted by molar-refractivity contribution is 7.26. The van der Waals surface area contributed by atoms with Crippen LogP contribution in [0.15, 0.2) is 419 Å². The molecule has 0 aliphatic heterocycles. The minimum absolute atomic E-state index is 0.108. The van der Waals surface area contributed by atoms with E-state index in [0.29, 0.717) is 34.9 Å². The second-order valence-electron chi connectivity index (χ2n) is 33.6. The zero-order valence-corrected chi connectivity index (χ0v) is 71.3. The van der Waals surface area contributed by atoms with Crippen LogP contribution < -0.4 is 0 Å². The van der Waals surface area contributed by atoms with Crippen molar-refractivity contribution in [2.45, 2.75) is 19.3 Å². The fraction of sp³-hybridized carbons (Fsp3) is 0.0256. The molecule has 0 fully saturated rings. The molecule has 0 unspecified atom stereocenters. The van der Waals surface area contributed by atoms with Gasteiger partial charge >= 0.3 is 0 Å². The Bertz CT molecular complexity index is 8660. The van der Waals surface area contributed by atoms with Gasteiger partial charge < -0.3 is 13.7 Å². The van der Waals surface area contributed by atoms with Gasteiger partial charge in [-0.05, 0) is 159 Å². The van der Waals surface area contributed by atoms with Crippen LogP contribution in [-0.4, -0.2) is 43.6 Å². The van der Waals surface area contributed by atoms with Gasteiger partial charge in [0.2, 0.25) is 0 Å². The molecule has 0 spiro atoms. The van der Waals surface area contributed by atoms with Gasteiger partial charge in [0.05, 0.1) is 38.8 Å². The summed E-state index contributed by atoms with van der Waals surface area (Å²) in [7, 11) is 0. The average molecular weight is 1670 g/mol. The van der Waals surface area contributed by atoms with Crippen molar-refractivity contribution in [1.29, 1.82) is 0 Å². The highest BCUT2D eigenvalue weighted by Crippen LogP contribution is 2.53. The van der Waals surface area contributed by atoms with E-state index in [-0.39, 0.29) is 5.41 Å². The third kappa shape index (κ3) is 12.3. The van der Waals surface area contributed by atoms with E-state index in [1.54, 1.807) is 22.7 Å². The van der Waals surface area contributed by atoms with Crippen molar-refractivity contribution >= 4 is 128 Å². The number of hydrogen-bond acceptors (Lipinski definition) is 8. The molecular formula is C117H75N9S2. The Morgan fingerprint density at radius 2 is 0.555 bits per heavy atom. The summed E-state index contributed by atoms with van der Waals surface area (Å²) in [6.07, 6.45) is 0. The quantitative estimate of drug-likeness (QED) is 0.121. The van der Waals surface area contributed by atoms with Crippen molar-refractivity contribution in [3.05, 3.63) is 430 Å². The minimum Gasteiger partial charge on any atom is -0.309 e. The van der Waals surface area contributed by atoms with Crippen molar-refractivity contribution < 1.29 is 0 Å². The van der Waals surface area contributed by atoms with Crippen LogP contribution >= 0.6 is 22.7 Å². The maximum Gasteiger partial charge on any atom is 0.165 e. The molecule has 26 rings (SSSR count). The number of nitrogens with zero attached hydrogens (tertiary/aromatic N) is 9. The Kier molecular flexibility index (Phi) is 17.5. The number of thiophene rings is 2. The monoisotopic (exact) mass is 1670 g/mol. The first-order chi connectivity index (χ1) is 63.2. The fourth-order valence-electron chi connectivity index (χ4n) is 19.8. The normalized spacial score (nSPS) is 12.4. The van der Waals surface area contributed by atoms with Crippen molar-refractivity contribution in [1.82, 2.24) is 43.6 Å². The van der Waals surface area contributed by atoms with E-state index in [9.17, 15) is 0 Å². The van der Waals surface area contributed by atoms with Gasteiger partial charge in [-0.15, -0.1) is 22.7 Å². The maximum absolute atomic E-state index is 5.27. The van der Waals surface area contributed by atoms with Crippen LogP contribution in [0.4, 0.5) is 0 Å². The van der Waals surface area contributed by atoms with E-state index >= 15 is 0 Å². The maximum atomic E-state index is 5.27. The lowest BCUT2D eigenvalue weighted by molar-refractivity contribution is 0.661. The smallest absolute Gasteiger partial charge is 0.165 e. The van der Waals surface area contributed by atoms with E-state index in [4.69, 9.17) is 29.9 Å². The van der Waals surface area contributed by atoms with Crippen molar-refractivity contribution in [3.63, 3.8) is 0 Å². The SMILES string of the molecule is CC1(C)c2ccccc2-c2cc3c4ccc(-c5ccccc5-c5cc(-c6nc(-c7ccccc7)nc(-c7ccccc7)n6)c6sc7ccccc7c6c5)cc4n(-c4ccccc4)c3cc21.c1ccc(-c2nc(-c3ccccc3)nc(-c3cc(-c4ccccc4-n4c5ccccc5c5cc6c7ccccc7n(-c7ccccc7)c6cc54)cc4c3sc3ccccc34)n2)cc1. The van der Waals surface area contributed by atoms with E-state index in [1.807, 2.05) is 72.8 Å². The van der Waals surface area contributed by atoms with Crippen LogP contribution in [0.2, 0.25) is 0 Å². The van der Waals surface area contributed by atoms with E-state index in [2.05, 4.69) is 373 Å². The molecule has 0 bridgehead atoms. The van der Waals surface area contributed by atoms with Crippen molar-refractivity contribution in [2.75, 3.05) is 0 Å². The third-order valence-corrected chi connectivity index (χ3v) is 28.2. The van der Waals surface area contributed by atoms with E-state index in [1.165, 1.54) is 108 Å². The van der Waals surface area contributed by atoms with Crippen LogP contribution in [0.3, 0.4) is 0 Å². The standard InChI is InChI=1S/C60H40N4S.C57H35N5S/c1-60(2)51-28-16-14-26-44(51)47-35-48-45-31-30-39(34-53(45)64(54(48)36-52(47)60)41-22-10-5-11-23-41)42-24-12-13-25-43(42)40-32-49-46-27-15-17-29-55(46)65-56(49)50(33-40)59-62-57(37-18-6-3-7-19-37)61-58(63-59)38-20-8-4-9-21-38;1-4-18-36(19-5-1)55-58-56(37-20-6-2-7-21-37)60-57(59-55)47-33-38(32-46-43-27-13-17-31-53(43)63-54(46)47)40-24-10-14-28-48(40)62-50-30-16-12-26-42(50)45-34-44-41-25-11-15-29-49(41)61(51(44)35-52(45)62)39-22-8-3-9-23-39/h3-36H,1-2H3;1-35H. The van der Waals surface area contributed by atoms with Crippen LogP contribution in [0.5, 0.6) is 0 Å². The highest BCUT2D eigenvalue weighted by Gasteiger charge is 2.37. The zero-order chi connectivity index (χ0) is 84.7. The molecule has 0 saturated carbocycles. The summed E-state index contributed by atoms with van der Waals surface area (Å²) in [5.74, 6) is 3.88. The summed E-state index contributed by atoms with van der Waals surface area (Å²) in [5.41, 5.74) is 28.3. The first-order valence-corrected chi connectivity index (χ1v) is 45.0. The van der Waals surface area contributed by atoms with Gasteiger partial charge in [0.25, 0.3) is 0 Å². The fourth-order valence-corrected chi connectivity index (χ4v) is 22.2. The molecule has 0 atom stereocenters. The van der Waals surface area contributed by atoms with Crippen LogP contribution in [0, 0.1) is 0 Å². The lowest BCUT2D eigenvalue weighted by Crippen LogP contribution is -2.14. The average Bonchev–Trinajstić information content (AvgIpc) is 1.55. The van der Waals surface area contributed by atoms with E-state index in [0.717, 1.165) is 104 Å². The summed E-state index contributed by atoms with van der Waals surface area (Å²) in [6, 6.07) is 150. The lowest BCUT2D eigenvalue weighted by Gasteiger charge is -2.21. The van der Waals surface area contributed by atoms with Gasteiger partial charge in [-0.2, -0.15) is 0 Å². The minimum atomic E-state index is -0.108.